The fourth-order valence-corrected chi connectivity index (χ4v) is 2.27. The predicted molar refractivity (Wildman–Crippen MR) is 84.1 cm³/mol. The van der Waals surface area contributed by atoms with Crippen molar-refractivity contribution in [1.29, 1.82) is 0 Å². The van der Waals surface area contributed by atoms with Crippen molar-refractivity contribution in [3.05, 3.63) is 33.2 Å². The molecule has 0 fully saturated rings. The lowest BCUT2D eigenvalue weighted by Gasteiger charge is -2.22. The number of hydrogen-bond donors (Lipinski definition) is 1. The summed E-state index contributed by atoms with van der Waals surface area (Å²) in [6.07, 6.45) is -3.67. The molecular formula is C15H18ClF3N2O4. The van der Waals surface area contributed by atoms with Gasteiger partial charge >= 0.3 is 12.1 Å². The molecule has 6 nitrogen and oxygen atoms in total. The largest absolute Gasteiger partial charge is 0.467 e. The van der Waals surface area contributed by atoms with E-state index < -0.39 is 46.8 Å². The minimum atomic E-state index is -4.72. The molecule has 0 unspecified atom stereocenters. The zero-order valence-corrected chi connectivity index (χ0v) is 14.6. The van der Waals surface area contributed by atoms with Crippen LogP contribution in [0.15, 0.2) is 17.1 Å². The monoisotopic (exact) mass is 382 g/mol. The maximum Gasteiger partial charge on any atom is 0.417 e. The van der Waals surface area contributed by atoms with E-state index >= 15 is 0 Å². The van der Waals surface area contributed by atoms with Crippen LogP contribution in [0.25, 0.3) is 0 Å². The molecule has 0 aromatic carbocycles. The van der Waals surface area contributed by atoms with Crippen LogP contribution in [0, 0.1) is 5.92 Å². The lowest BCUT2D eigenvalue weighted by Crippen LogP contribution is -2.47. The lowest BCUT2D eigenvalue weighted by atomic mass is 9.99. The third kappa shape index (κ3) is 5.48. The summed E-state index contributed by atoms with van der Waals surface area (Å²) in [4.78, 5) is 35.7. The molecule has 10 heteroatoms. The first-order valence-corrected chi connectivity index (χ1v) is 7.73. The normalized spacial score (nSPS) is 13.9. The Morgan fingerprint density at radius 2 is 2.00 bits per heavy atom. The second-order valence-electron chi connectivity index (χ2n) is 5.46. The fourth-order valence-electron chi connectivity index (χ4n) is 2.04. The van der Waals surface area contributed by atoms with E-state index in [1.807, 2.05) is 0 Å². The number of nitrogens with one attached hydrogen (secondary N) is 1. The van der Waals surface area contributed by atoms with Gasteiger partial charge in [0.25, 0.3) is 5.56 Å². The number of pyridine rings is 1. The molecular weight excluding hydrogens is 365 g/mol. The van der Waals surface area contributed by atoms with Gasteiger partial charge in [0.2, 0.25) is 5.91 Å². The van der Waals surface area contributed by atoms with Gasteiger partial charge in [-0.3, -0.25) is 9.59 Å². The first-order chi connectivity index (χ1) is 11.5. The van der Waals surface area contributed by atoms with E-state index in [-0.39, 0.29) is 5.92 Å². The van der Waals surface area contributed by atoms with Crippen molar-refractivity contribution >= 4 is 23.5 Å². The van der Waals surface area contributed by atoms with Crippen molar-refractivity contribution in [2.75, 3.05) is 7.11 Å². The van der Waals surface area contributed by atoms with Crippen molar-refractivity contribution in [2.45, 2.75) is 39.0 Å². The third-order valence-electron chi connectivity index (χ3n) is 3.67. The minimum absolute atomic E-state index is 0.266. The molecule has 1 N–H and O–H groups in total. The van der Waals surface area contributed by atoms with E-state index in [4.69, 9.17) is 11.6 Å². The number of aromatic nitrogens is 1. The van der Waals surface area contributed by atoms with Gasteiger partial charge in [-0.2, -0.15) is 13.2 Å². The van der Waals surface area contributed by atoms with E-state index in [1.54, 1.807) is 13.8 Å². The maximum absolute atomic E-state index is 12.8. The lowest BCUT2D eigenvalue weighted by molar-refractivity contribution is -0.146. The van der Waals surface area contributed by atoms with Crippen LogP contribution < -0.4 is 10.9 Å². The second kappa shape index (κ2) is 8.37. The maximum atomic E-state index is 12.8. The van der Waals surface area contributed by atoms with Gasteiger partial charge in [-0.1, -0.05) is 31.9 Å². The molecule has 0 aliphatic carbocycles. The molecule has 2 atom stereocenters. The van der Waals surface area contributed by atoms with Crippen LogP contribution in [-0.2, 0) is 27.0 Å². The summed E-state index contributed by atoms with van der Waals surface area (Å²) in [5, 5.41) is 1.72. The zero-order valence-electron chi connectivity index (χ0n) is 13.8. The number of halogens is 4. The highest BCUT2D eigenvalue weighted by molar-refractivity contribution is 6.30. The van der Waals surface area contributed by atoms with Gasteiger partial charge in [0.1, 0.15) is 17.6 Å². The van der Waals surface area contributed by atoms with Crippen LogP contribution >= 0.6 is 11.6 Å². The summed E-state index contributed by atoms with van der Waals surface area (Å²) in [6, 6.07) is -0.478. The van der Waals surface area contributed by atoms with E-state index in [2.05, 4.69) is 10.1 Å². The number of rotatable bonds is 6. The Kier molecular flexibility index (Phi) is 7.04. The van der Waals surface area contributed by atoms with Crippen LogP contribution in [-0.4, -0.2) is 29.6 Å². The summed E-state index contributed by atoms with van der Waals surface area (Å²) < 4.78 is 43.5. The van der Waals surface area contributed by atoms with Gasteiger partial charge in [0.05, 0.1) is 12.7 Å². The number of methoxy groups -OCH3 is 1. The van der Waals surface area contributed by atoms with Crippen molar-refractivity contribution < 1.29 is 27.5 Å². The molecule has 0 aliphatic rings. The van der Waals surface area contributed by atoms with E-state index in [0.717, 1.165) is 7.11 Å². The molecule has 0 aliphatic heterocycles. The Morgan fingerprint density at radius 3 is 2.48 bits per heavy atom. The quantitative estimate of drug-likeness (QED) is 0.765. The summed E-state index contributed by atoms with van der Waals surface area (Å²) in [6.45, 7) is 2.78. The standard InChI is InChI=1S/C15H18ClF3N2O4/c1-4-8(2)12(14(24)25-3)20-11(22)7-21-6-9(15(17,18)19)5-10(16)13(21)23/h5-6,8,12H,4,7H2,1-3H3,(H,20,22)/t8-,12-/m0/s1. The number of carbonyl (C=O) groups excluding carboxylic acids is 2. The van der Waals surface area contributed by atoms with Crippen molar-refractivity contribution in [3.63, 3.8) is 0 Å². The summed E-state index contributed by atoms with van der Waals surface area (Å²) >= 11 is 5.52. The summed E-state index contributed by atoms with van der Waals surface area (Å²) in [7, 11) is 1.15. The molecule has 140 valence electrons. The van der Waals surface area contributed by atoms with Gasteiger partial charge in [-0.05, 0) is 12.0 Å². The highest BCUT2D eigenvalue weighted by Crippen LogP contribution is 2.29. The topological polar surface area (TPSA) is 77.4 Å². The number of alkyl halides is 3. The van der Waals surface area contributed by atoms with Gasteiger partial charge in [0.15, 0.2) is 0 Å². The highest BCUT2D eigenvalue weighted by Gasteiger charge is 2.32. The summed E-state index contributed by atoms with van der Waals surface area (Å²) in [5.41, 5.74) is -2.10. The van der Waals surface area contributed by atoms with Crippen LogP contribution in [0.3, 0.4) is 0 Å². The van der Waals surface area contributed by atoms with Crippen molar-refractivity contribution in [3.8, 4) is 0 Å². The highest BCUT2D eigenvalue weighted by atomic mass is 35.5. The first-order valence-electron chi connectivity index (χ1n) is 7.35. The smallest absolute Gasteiger partial charge is 0.417 e. The van der Waals surface area contributed by atoms with E-state index in [0.29, 0.717) is 23.3 Å². The van der Waals surface area contributed by atoms with Crippen LogP contribution in [0.1, 0.15) is 25.8 Å². The van der Waals surface area contributed by atoms with Crippen LogP contribution in [0.5, 0.6) is 0 Å². The third-order valence-corrected chi connectivity index (χ3v) is 3.94. The predicted octanol–water partition coefficient (Wildman–Crippen LogP) is 2.22. The Balaban J connectivity index is 3.05. The van der Waals surface area contributed by atoms with Crippen molar-refractivity contribution in [1.82, 2.24) is 9.88 Å². The molecule has 1 rings (SSSR count). The number of hydrogen-bond acceptors (Lipinski definition) is 4. The van der Waals surface area contributed by atoms with Gasteiger partial charge in [-0.15, -0.1) is 0 Å². The molecule has 25 heavy (non-hydrogen) atoms. The van der Waals surface area contributed by atoms with Gasteiger partial charge in [0, 0.05) is 6.20 Å². The first kappa shape index (κ1) is 21.0. The molecule has 0 spiro atoms. The molecule has 1 aromatic heterocycles. The average Bonchev–Trinajstić information content (AvgIpc) is 2.54. The van der Waals surface area contributed by atoms with Gasteiger partial charge < -0.3 is 14.6 Å². The van der Waals surface area contributed by atoms with Crippen molar-refractivity contribution in [2.24, 2.45) is 5.92 Å². The number of esters is 1. The average molecular weight is 383 g/mol. The molecule has 0 saturated carbocycles. The molecule has 0 radical (unpaired) electrons. The second-order valence-corrected chi connectivity index (χ2v) is 5.87. The molecule has 1 heterocycles. The molecule has 0 saturated heterocycles. The molecule has 0 bridgehead atoms. The summed E-state index contributed by atoms with van der Waals surface area (Å²) in [5.74, 6) is -1.76. The number of ether oxygens (including phenoxy) is 1. The van der Waals surface area contributed by atoms with Gasteiger partial charge in [-0.25, -0.2) is 4.79 Å². The van der Waals surface area contributed by atoms with Crippen LogP contribution in [0.2, 0.25) is 5.02 Å². The molecule has 1 amide bonds. The number of amides is 1. The fraction of sp³-hybridized carbons (Fsp3) is 0.533. The van der Waals surface area contributed by atoms with E-state index in [1.165, 1.54) is 0 Å². The number of carbonyl (C=O) groups is 2. The zero-order chi connectivity index (χ0) is 19.4. The Bertz CT molecular complexity index is 703. The van der Waals surface area contributed by atoms with Crippen LogP contribution in [0.4, 0.5) is 13.2 Å². The SMILES string of the molecule is CC[C@H](C)[C@H](NC(=O)Cn1cc(C(F)(F)F)cc(Cl)c1=O)C(=O)OC. The minimum Gasteiger partial charge on any atom is -0.467 e. The Morgan fingerprint density at radius 1 is 1.40 bits per heavy atom. The Hall–Kier alpha value is -2.03. The Labute approximate surface area is 146 Å². The number of nitrogens with zero attached hydrogens (tertiary/aromatic N) is 1. The van der Waals surface area contributed by atoms with E-state index in [9.17, 15) is 27.6 Å². The molecule has 1 aromatic rings.